The number of carbonyl (C=O) groups excluding carboxylic acids is 1. The smallest absolute Gasteiger partial charge is 0.419 e. The van der Waals surface area contributed by atoms with Crippen molar-refractivity contribution in [2.75, 3.05) is 13.2 Å². The molecule has 0 spiro atoms. The maximum Gasteiger partial charge on any atom is 0.419 e. The first-order valence-electron chi connectivity index (χ1n) is 2.16. The van der Waals surface area contributed by atoms with Crippen molar-refractivity contribution >= 4 is 14.7 Å². The highest BCUT2D eigenvalue weighted by Crippen LogP contribution is 2.11. The molecule has 1 heterocycles. The van der Waals surface area contributed by atoms with Crippen molar-refractivity contribution in [2.45, 2.75) is 0 Å². The van der Waals surface area contributed by atoms with Gasteiger partial charge < -0.3 is 4.74 Å². The van der Waals surface area contributed by atoms with Crippen LogP contribution in [0.3, 0.4) is 0 Å². The van der Waals surface area contributed by atoms with E-state index in [4.69, 9.17) is 0 Å². The average molecular weight is 134 g/mol. The average Bonchev–Trinajstić information content (AvgIpc) is 2.14. The summed E-state index contributed by atoms with van der Waals surface area (Å²) in [6, 6.07) is 0. The van der Waals surface area contributed by atoms with Crippen LogP contribution in [0.2, 0.25) is 0 Å². The van der Waals surface area contributed by atoms with Crippen LogP contribution in [0.5, 0.6) is 0 Å². The fraction of sp³-hybridized carbons (Fsp3) is 0.667. The molecule has 1 unspecified atom stereocenters. The second kappa shape index (κ2) is 2.09. The topological polar surface area (TPSA) is 46.6 Å². The van der Waals surface area contributed by atoms with E-state index in [1.54, 1.807) is 0 Å². The lowest BCUT2D eigenvalue weighted by molar-refractivity contribution is 0.170. The van der Waals surface area contributed by atoms with Gasteiger partial charge in [0.15, 0.2) is 8.61 Å². The zero-order chi connectivity index (χ0) is 5.98. The summed E-state index contributed by atoms with van der Waals surface area (Å²) in [5.41, 5.74) is 0. The zero-order valence-electron chi connectivity index (χ0n) is 4.09. The Bertz CT molecular complexity index is 126. The number of nitrogens with zero attached hydrogens (tertiary/aromatic N) is 1. The second-order valence-corrected chi connectivity index (χ2v) is 2.08. The third kappa shape index (κ3) is 0.793. The molecule has 0 aromatic rings. The van der Waals surface area contributed by atoms with Crippen molar-refractivity contribution in [3.05, 3.63) is 0 Å². The van der Waals surface area contributed by atoms with E-state index in [1.807, 2.05) is 0 Å². The van der Waals surface area contributed by atoms with Crippen LogP contribution in [-0.4, -0.2) is 23.9 Å². The summed E-state index contributed by atoms with van der Waals surface area (Å²) in [5, 5.41) is 0. The third-order valence-corrected chi connectivity index (χ3v) is 1.50. The van der Waals surface area contributed by atoms with Crippen molar-refractivity contribution in [3.63, 3.8) is 0 Å². The molecule has 8 heavy (non-hydrogen) atoms. The number of rotatable bonds is 1. The first-order valence-corrected chi connectivity index (χ1v) is 3.02. The molecule has 1 saturated heterocycles. The van der Waals surface area contributed by atoms with E-state index in [2.05, 4.69) is 4.74 Å². The molecule has 1 atom stereocenters. The molecule has 4 nitrogen and oxygen atoms in total. The molecule has 1 rings (SSSR count). The second-order valence-electron chi connectivity index (χ2n) is 1.36. The van der Waals surface area contributed by atoms with E-state index in [0.717, 1.165) is 4.67 Å². The van der Waals surface area contributed by atoms with Gasteiger partial charge in [0.1, 0.15) is 6.61 Å². The minimum atomic E-state index is -0.699. The molecule has 0 saturated carbocycles. The fourth-order valence-corrected chi connectivity index (χ4v) is 0.798. The van der Waals surface area contributed by atoms with Gasteiger partial charge in [-0.2, -0.15) is 0 Å². The van der Waals surface area contributed by atoms with Crippen LogP contribution < -0.4 is 0 Å². The van der Waals surface area contributed by atoms with Gasteiger partial charge in [-0.05, 0) is 0 Å². The summed E-state index contributed by atoms with van der Waals surface area (Å²) in [4.78, 5) is 10.3. The minimum Gasteiger partial charge on any atom is -0.447 e. The molecule has 0 aromatic carbocycles. The summed E-state index contributed by atoms with van der Waals surface area (Å²) in [6.45, 7) is 0.828. The SMILES string of the molecule is O=[PH]N1CCOC1=O. The molecule has 1 amide bonds. The van der Waals surface area contributed by atoms with Crippen molar-refractivity contribution < 1.29 is 14.1 Å². The summed E-state index contributed by atoms with van der Waals surface area (Å²) in [6.07, 6.45) is -0.474. The number of hydrogen-bond donors (Lipinski definition) is 0. The Morgan fingerprint density at radius 3 is 2.75 bits per heavy atom. The van der Waals surface area contributed by atoms with Crippen LogP contribution >= 0.6 is 8.61 Å². The standard InChI is InChI=1S/C3H5NO3P/c5-3-4(8-6)1-2-7-3/h8H,1-2H2. The maximum atomic E-state index is 10.3. The number of cyclic esters (lactones) is 1. The lowest BCUT2D eigenvalue weighted by atomic mass is 10.7. The lowest BCUT2D eigenvalue weighted by Gasteiger charge is -1.97. The maximum absolute atomic E-state index is 10.3. The van der Waals surface area contributed by atoms with Crippen LogP contribution in [-0.2, 0) is 9.30 Å². The Balaban J connectivity index is 2.54. The van der Waals surface area contributed by atoms with Gasteiger partial charge in [-0.3, -0.25) is 4.57 Å². The molecule has 1 fully saturated rings. The van der Waals surface area contributed by atoms with Gasteiger partial charge in [-0.25, -0.2) is 9.46 Å². The van der Waals surface area contributed by atoms with Gasteiger partial charge in [0, 0.05) is 0 Å². The Labute approximate surface area is 47.7 Å². The van der Waals surface area contributed by atoms with E-state index in [1.165, 1.54) is 0 Å². The van der Waals surface area contributed by atoms with Crippen LogP contribution in [0.1, 0.15) is 0 Å². The lowest BCUT2D eigenvalue weighted by Crippen LogP contribution is -2.10. The van der Waals surface area contributed by atoms with Gasteiger partial charge in [0.2, 0.25) is 0 Å². The van der Waals surface area contributed by atoms with E-state index in [-0.39, 0.29) is 0 Å². The highest BCUT2D eigenvalue weighted by molar-refractivity contribution is 7.21. The molecule has 0 N–H and O–H groups in total. The molecule has 0 bridgehead atoms. The van der Waals surface area contributed by atoms with E-state index in [0.29, 0.717) is 13.2 Å². The monoisotopic (exact) mass is 134 g/mol. The first kappa shape index (κ1) is 5.51. The molecule has 0 aliphatic carbocycles. The molecule has 1 aliphatic heterocycles. The van der Waals surface area contributed by atoms with Crippen LogP contribution in [0, 0.1) is 0 Å². The summed E-state index contributed by atoms with van der Waals surface area (Å²) in [5.74, 6) is 0. The summed E-state index contributed by atoms with van der Waals surface area (Å²) < 4.78 is 15.6. The molecule has 45 valence electrons. The Hall–Kier alpha value is -0.630. The minimum absolute atomic E-state index is 0.369. The highest BCUT2D eigenvalue weighted by atomic mass is 31.1. The van der Waals surface area contributed by atoms with Gasteiger partial charge >= 0.3 is 6.09 Å². The van der Waals surface area contributed by atoms with Crippen molar-refractivity contribution in [2.24, 2.45) is 0 Å². The summed E-state index contributed by atoms with van der Waals surface area (Å²) in [7, 11) is -0.699. The largest absolute Gasteiger partial charge is 0.447 e. The highest BCUT2D eigenvalue weighted by Gasteiger charge is 2.19. The van der Waals surface area contributed by atoms with E-state index >= 15 is 0 Å². The van der Waals surface area contributed by atoms with Crippen molar-refractivity contribution in [1.29, 1.82) is 0 Å². The number of carbonyl (C=O) groups is 1. The third-order valence-electron chi connectivity index (χ3n) is 0.871. The van der Waals surface area contributed by atoms with Gasteiger partial charge in [-0.1, -0.05) is 0 Å². The zero-order valence-corrected chi connectivity index (χ0v) is 5.09. The van der Waals surface area contributed by atoms with Gasteiger partial charge in [0.25, 0.3) is 0 Å². The molecular formula is C3H5NO3P. The molecule has 0 aromatic heterocycles. The van der Waals surface area contributed by atoms with E-state index < -0.39 is 14.7 Å². The quantitative estimate of drug-likeness (QED) is 0.487. The molecular weight excluding hydrogens is 129 g/mol. The predicted molar refractivity (Wildman–Crippen MR) is 27.1 cm³/mol. The fourth-order valence-electron chi connectivity index (χ4n) is 0.476. The Morgan fingerprint density at radius 1 is 1.75 bits per heavy atom. The predicted octanol–water partition coefficient (Wildman–Crippen LogP) is 0.378. The van der Waals surface area contributed by atoms with Crippen LogP contribution in [0.4, 0.5) is 4.79 Å². The van der Waals surface area contributed by atoms with Gasteiger partial charge in [0.05, 0.1) is 6.54 Å². The van der Waals surface area contributed by atoms with Gasteiger partial charge in [-0.15, -0.1) is 0 Å². The number of ether oxygens (including phenoxy) is 1. The molecule has 1 radical (unpaired) electrons. The normalized spacial score (nSPS) is 19.5. The molecule has 1 aliphatic rings. The van der Waals surface area contributed by atoms with Crippen molar-refractivity contribution in [3.8, 4) is 0 Å². The first-order chi connectivity index (χ1) is 3.84. The molecule has 5 heteroatoms. The summed E-state index contributed by atoms with van der Waals surface area (Å²) >= 11 is 0. The number of hydrogen-bond acceptors (Lipinski definition) is 3. The number of amides is 1. The van der Waals surface area contributed by atoms with Crippen LogP contribution in [0.25, 0.3) is 0 Å². The van der Waals surface area contributed by atoms with Crippen molar-refractivity contribution in [1.82, 2.24) is 4.67 Å². The van der Waals surface area contributed by atoms with Crippen LogP contribution in [0.15, 0.2) is 0 Å². The Kier molecular flexibility index (Phi) is 1.44. The Morgan fingerprint density at radius 2 is 2.50 bits per heavy atom. The van der Waals surface area contributed by atoms with E-state index in [9.17, 15) is 9.36 Å².